The SMILES string of the molecule is CCCCC1CCCC1NC(=O)CNC(=O)CNC(=O)c1ccc(Cl)cc1Cl. The molecule has 0 radical (unpaired) electrons. The van der Waals surface area contributed by atoms with Crippen molar-refractivity contribution >= 4 is 40.9 Å². The van der Waals surface area contributed by atoms with E-state index >= 15 is 0 Å². The number of amides is 3. The van der Waals surface area contributed by atoms with Crippen LogP contribution in [0.1, 0.15) is 55.8 Å². The van der Waals surface area contributed by atoms with E-state index in [2.05, 4.69) is 22.9 Å². The zero-order valence-corrected chi connectivity index (χ0v) is 17.5. The molecule has 2 rings (SSSR count). The van der Waals surface area contributed by atoms with E-state index in [0.717, 1.165) is 32.1 Å². The van der Waals surface area contributed by atoms with E-state index in [1.165, 1.54) is 18.6 Å². The lowest BCUT2D eigenvalue weighted by atomic mass is 9.97. The molecule has 1 aromatic rings. The molecule has 1 saturated carbocycles. The van der Waals surface area contributed by atoms with Crippen LogP contribution in [0.4, 0.5) is 0 Å². The lowest BCUT2D eigenvalue weighted by Gasteiger charge is -2.21. The van der Waals surface area contributed by atoms with Gasteiger partial charge in [-0.3, -0.25) is 14.4 Å². The number of halogens is 2. The highest BCUT2D eigenvalue weighted by Gasteiger charge is 2.27. The van der Waals surface area contributed by atoms with Crippen molar-refractivity contribution in [2.24, 2.45) is 5.92 Å². The lowest BCUT2D eigenvalue weighted by Crippen LogP contribution is -2.45. The van der Waals surface area contributed by atoms with E-state index in [9.17, 15) is 14.4 Å². The van der Waals surface area contributed by atoms with Gasteiger partial charge in [0.2, 0.25) is 11.8 Å². The molecule has 3 N–H and O–H groups in total. The van der Waals surface area contributed by atoms with Crippen LogP contribution in [-0.4, -0.2) is 36.9 Å². The summed E-state index contributed by atoms with van der Waals surface area (Å²) in [7, 11) is 0. The molecule has 2 atom stereocenters. The molecular weight excluding hydrogens is 401 g/mol. The van der Waals surface area contributed by atoms with Crippen molar-refractivity contribution < 1.29 is 14.4 Å². The van der Waals surface area contributed by atoms with Crippen molar-refractivity contribution in [2.45, 2.75) is 51.5 Å². The molecular formula is C20H27Cl2N3O3. The van der Waals surface area contributed by atoms with Gasteiger partial charge < -0.3 is 16.0 Å². The molecule has 3 amide bonds. The van der Waals surface area contributed by atoms with E-state index in [1.807, 2.05) is 0 Å². The largest absolute Gasteiger partial charge is 0.352 e. The summed E-state index contributed by atoms with van der Waals surface area (Å²) < 4.78 is 0. The summed E-state index contributed by atoms with van der Waals surface area (Å²) in [6.07, 6.45) is 6.73. The van der Waals surface area contributed by atoms with Crippen LogP contribution >= 0.6 is 23.2 Å². The third kappa shape index (κ3) is 6.99. The fraction of sp³-hybridized carbons (Fsp3) is 0.550. The van der Waals surface area contributed by atoms with Gasteiger partial charge in [0.05, 0.1) is 23.7 Å². The van der Waals surface area contributed by atoms with Gasteiger partial charge in [0.1, 0.15) is 0 Å². The van der Waals surface area contributed by atoms with E-state index in [-0.39, 0.29) is 35.6 Å². The summed E-state index contributed by atoms with van der Waals surface area (Å²) in [5.74, 6) is -0.592. The van der Waals surface area contributed by atoms with Crippen molar-refractivity contribution in [3.8, 4) is 0 Å². The van der Waals surface area contributed by atoms with Crippen molar-refractivity contribution in [1.82, 2.24) is 16.0 Å². The first-order valence-corrected chi connectivity index (χ1v) is 10.5. The Labute approximate surface area is 175 Å². The minimum atomic E-state index is -0.481. The van der Waals surface area contributed by atoms with Crippen LogP contribution in [-0.2, 0) is 9.59 Å². The second kappa shape index (κ2) is 11.3. The summed E-state index contributed by atoms with van der Waals surface area (Å²) in [6.45, 7) is 1.82. The Bertz CT molecular complexity index is 712. The molecule has 8 heteroatoms. The number of hydrogen-bond donors (Lipinski definition) is 3. The molecule has 0 aromatic heterocycles. The fourth-order valence-electron chi connectivity index (χ4n) is 3.47. The molecule has 1 aliphatic rings. The van der Waals surface area contributed by atoms with Crippen molar-refractivity contribution in [3.63, 3.8) is 0 Å². The Balaban J connectivity index is 1.70. The number of rotatable bonds is 9. The molecule has 2 unspecified atom stereocenters. The maximum atomic E-state index is 12.1. The maximum absolute atomic E-state index is 12.1. The Kier molecular flexibility index (Phi) is 9.06. The number of unbranched alkanes of at least 4 members (excludes halogenated alkanes) is 1. The molecule has 1 aromatic carbocycles. The van der Waals surface area contributed by atoms with Crippen LogP contribution in [0.5, 0.6) is 0 Å². The molecule has 1 aliphatic carbocycles. The van der Waals surface area contributed by atoms with Crippen molar-refractivity contribution in [3.05, 3.63) is 33.8 Å². The van der Waals surface area contributed by atoms with E-state index < -0.39 is 11.8 Å². The van der Waals surface area contributed by atoms with E-state index in [1.54, 1.807) is 6.07 Å². The van der Waals surface area contributed by atoms with E-state index in [0.29, 0.717) is 10.9 Å². The first-order chi connectivity index (χ1) is 13.4. The predicted molar refractivity (Wildman–Crippen MR) is 111 cm³/mol. The molecule has 0 heterocycles. The van der Waals surface area contributed by atoms with Crippen LogP contribution in [0, 0.1) is 5.92 Å². The summed E-state index contributed by atoms with van der Waals surface area (Å²) in [6, 6.07) is 4.69. The molecule has 0 bridgehead atoms. The average Bonchev–Trinajstić information content (AvgIpc) is 3.09. The summed E-state index contributed by atoms with van der Waals surface area (Å²) >= 11 is 11.8. The van der Waals surface area contributed by atoms with Gasteiger partial charge in [0.25, 0.3) is 5.91 Å². The molecule has 154 valence electrons. The highest BCUT2D eigenvalue weighted by Crippen LogP contribution is 2.29. The standard InChI is InChI=1S/C20H27Cl2N3O3/c1-2-3-5-13-6-4-7-17(13)25-19(27)12-23-18(26)11-24-20(28)15-9-8-14(21)10-16(15)22/h8-10,13,17H,2-7,11-12H2,1H3,(H,23,26)(H,24,28)(H,25,27). The number of nitrogens with one attached hydrogen (secondary N) is 3. The highest BCUT2D eigenvalue weighted by molar-refractivity contribution is 6.36. The maximum Gasteiger partial charge on any atom is 0.253 e. The van der Waals surface area contributed by atoms with E-state index in [4.69, 9.17) is 23.2 Å². The van der Waals surface area contributed by atoms with Crippen LogP contribution in [0.15, 0.2) is 18.2 Å². The smallest absolute Gasteiger partial charge is 0.253 e. The molecule has 0 spiro atoms. The zero-order chi connectivity index (χ0) is 20.5. The lowest BCUT2D eigenvalue weighted by molar-refractivity contribution is -0.126. The number of carbonyl (C=O) groups excluding carboxylic acids is 3. The Morgan fingerprint density at radius 2 is 1.82 bits per heavy atom. The number of benzene rings is 1. The van der Waals surface area contributed by atoms with Gasteiger partial charge in [-0.15, -0.1) is 0 Å². The van der Waals surface area contributed by atoms with Gasteiger partial charge in [-0.1, -0.05) is 49.4 Å². The van der Waals surface area contributed by atoms with Gasteiger partial charge in [-0.2, -0.15) is 0 Å². The monoisotopic (exact) mass is 427 g/mol. The zero-order valence-electron chi connectivity index (χ0n) is 16.0. The topological polar surface area (TPSA) is 87.3 Å². The van der Waals surface area contributed by atoms with Gasteiger partial charge >= 0.3 is 0 Å². The normalized spacial score (nSPS) is 18.5. The Hall–Kier alpha value is -1.79. The minimum absolute atomic E-state index is 0.104. The molecule has 28 heavy (non-hydrogen) atoms. The first-order valence-electron chi connectivity index (χ1n) is 9.70. The third-order valence-electron chi connectivity index (χ3n) is 4.97. The molecule has 0 saturated heterocycles. The fourth-order valence-corrected chi connectivity index (χ4v) is 3.96. The van der Waals surface area contributed by atoms with Crippen LogP contribution in [0.3, 0.4) is 0 Å². The quantitative estimate of drug-likeness (QED) is 0.564. The molecule has 1 fully saturated rings. The summed E-state index contributed by atoms with van der Waals surface area (Å²) in [4.78, 5) is 36.1. The summed E-state index contributed by atoms with van der Waals surface area (Å²) in [5, 5.41) is 8.65. The van der Waals surface area contributed by atoms with Crippen molar-refractivity contribution in [2.75, 3.05) is 13.1 Å². The van der Waals surface area contributed by atoms with Crippen molar-refractivity contribution in [1.29, 1.82) is 0 Å². The third-order valence-corrected chi connectivity index (χ3v) is 5.51. The van der Waals surface area contributed by atoms with Gasteiger partial charge in [0, 0.05) is 11.1 Å². The second-order valence-corrected chi connectivity index (χ2v) is 7.93. The highest BCUT2D eigenvalue weighted by atomic mass is 35.5. The average molecular weight is 428 g/mol. The van der Waals surface area contributed by atoms with Crippen LogP contribution in [0.25, 0.3) is 0 Å². The minimum Gasteiger partial charge on any atom is -0.352 e. The first kappa shape index (κ1) is 22.5. The summed E-state index contributed by atoms with van der Waals surface area (Å²) in [5.41, 5.74) is 0.232. The Morgan fingerprint density at radius 1 is 1.07 bits per heavy atom. The Morgan fingerprint density at radius 3 is 2.54 bits per heavy atom. The van der Waals surface area contributed by atoms with Gasteiger partial charge in [0.15, 0.2) is 0 Å². The second-order valence-electron chi connectivity index (χ2n) is 7.09. The number of hydrogen-bond acceptors (Lipinski definition) is 3. The molecule has 6 nitrogen and oxygen atoms in total. The van der Waals surface area contributed by atoms with Gasteiger partial charge in [-0.25, -0.2) is 0 Å². The number of carbonyl (C=O) groups is 3. The van der Waals surface area contributed by atoms with Crippen LogP contribution in [0.2, 0.25) is 10.0 Å². The van der Waals surface area contributed by atoms with Crippen LogP contribution < -0.4 is 16.0 Å². The van der Waals surface area contributed by atoms with Gasteiger partial charge in [-0.05, 0) is 43.4 Å². The predicted octanol–water partition coefficient (Wildman–Crippen LogP) is 3.31. The molecule has 0 aliphatic heterocycles.